The third-order valence-electron chi connectivity index (χ3n) is 2.08. The molecule has 0 bridgehead atoms. The van der Waals surface area contributed by atoms with Crippen LogP contribution in [0, 0.1) is 5.92 Å². The van der Waals surface area contributed by atoms with E-state index >= 15 is 0 Å². The van der Waals surface area contributed by atoms with Crippen molar-refractivity contribution >= 4 is 0 Å². The van der Waals surface area contributed by atoms with Crippen molar-refractivity contribution in [2.75, 3.05) is 0 Å². The molecule has 2 rings (SSSR count). The first-order valence-electron chi connectivity index (χ1n) is 4.12. The van der Waals surface area contributed by atoms with Gasteiger partial charge >= 0.3 is 0 Å². The second-order valence-corrected chi connectivity index (χ2v) is 2.91. The predicted octanol–water partition coefficient (Wildman–Crippen LogP) is 1.78. The van der Waals surface area contributed by atoms with Crippen LogP contribution in [0.2, 0.25) is 0 Å². The minimum absolute atomic E-state index is 0.823. The Morgan fingerprint density at radius 2 is 1.89 bits per heavy atom. The number of hydrogen-bond acceptors (Lipinski definition) is 1. The molecule has 1 nitrogen and oxygen atoms in total. The van der Waals surface area contributed by atoms with Crippen LogP contribution in [0.25, 0.3) is 0 Å². The molecular weight excluding hydrogens is 110 g/mol. The third-order valence-corrected chi connectivity index (χ3v) is 2.08. The van der Waals surface area contributed by atoms with E-state index < -0.39 is 0 Å². The molecule has 0 amide bonds. The topological polar surface area (TPSA) is 12.0 Å². The Bertz CT molecular complexity index is 80.6. The van der Waals surface area contributed by atoms with Gasteiger partial charge in [-0.15, -0.1) is 0 Å². The predicted molar refractivity (Wildman–Crippen MR) is 40.5 cm³/mol. The van der Waals surface area contributed by atoms with E-state index in [0.717, 1.165) is 18.0 Å². The fourth-order valence-corrected chi connectivity index (χ4v) is 1.60. The molecule has 1 heterocycles. The highest BCUT2D eigenvalue weighted by Crippen LogP contribution is 2.40. The second kappa shape index (κ2) is 2.70. The molecule has 54 valence electrons. The molecule has 1 saturated carbocycles. The molecule has 9 heavy (non-hydrogen) atoms. The Morgan fingerprint density at radius 1 is 1.22 bits per heavy atom. The lowest BCUT2D eigenvalue weighted by atomic mass is 10.2. The van der Waals surface area contributed by atoms with Gasteiger partial charge in [0.25, 0.3) is 0 Å². The molecule has 2 aliphatic rings. The third kappa shape index (κ3) is 1.45. The summed E-state index contributed by atoms with van der Waals surface area (Å²) in [7, 11) is 0. The van der Waals surface area contributed by atoms with Crippen LogP contribution >= 0.6 is 0 Å². The van der Waals surface area contributed by atoms with Crippen molar-refractivity contribution in [1.82, 2.24) is 5.32 Å². The first-order valence-corrected chi connectivity index (χ1v) is 4.12. The number of rotatable bonds is 0. The number of fused-ring (bicyclic) bond motifs is 1. The highest BCUT2D eigenvalue weighted by Gasteiger charge is 2.43. The van der Waals surface area contributed by atoms with Crippen LogP contribution in [0.15, 0.2) is 0 Å². The van der Waals surface area contributed by atoms with Crippen molar-refractivity contribution in [3.05, 3.63) is 0 Å². The van der Waals surface area contributed by atoms with Gasteiger partial charge in [0.15, 0.2) is 0 Å². The van der Waals surface area contributed by atoms with Gasteiger partial charge in [0, 0.05) is 12.1 Å². The summed E-state index contributed by atoms with van der Waals surface area (Å²) in [6, 6.07) is 1.76. The van der Waals surface area contributed by atoms with E-state index in [9.17, 15) is 0 Å². The molecular formula is C8H17N. The van der Waals surface area contributed by atoms with Crippen molar-refractivity contribution in [3.8, 4) is 0 Å². The van der Waals surface area contributed by atoms with E-state index in [-0.39, 0.29) is 0 Å². The van der Waals surface area contributed by atoms with Gasteiger partial charge < -0.3 is 5.32 Å². The molecule has 0 radical (unpaired) electrons. The minimum Gasteiger partial charge on any atom is -0.311 e. The zero-order valence-electron chi connectivity index (χ0n) is 6.65. The summed E-state index contributed by atoms with van der Waals surface area (Å²) in [6.07, 6.45) is 2.90. The lowest BCUT2D eigenvalue weighted by Crippen LogP contribution is -2.21. The van der Waals surface area contributed by atoms with E-state index in [1.54, 1.807) is 0 Å². The molecule has 0 aromatic heterocycles. The summed E-state index contributed by atoms with van der Waals surface area (Å²) in [5.41, 5.74) is 0. The molecule has 1 aliphatic carbocycles. The summed E-state index contributed by atoms with van der Waals surface area (Å²) >= 11 is 0. The SMILES string of the molecule is CC.CC1CC2CC2N1. The van der Waals surface area contributed by atoms with E-state index in [0.29, 0.717) is 0 Å². The average Bonchev–Trinajstić information content (AvgIpc) is 2.46. The summed E-state index contributed by atoms with van der Waals surface area (Å²) in [5.74, 6) is 1.08. The molecule has 1 heteroatoms. The lowest BCUT2D eigenvalue weighted by Gasteiger charge is -2.01. The Kier molecular flexibility index (Phi) is 2.12. The van der Waals surface area contributed by atoms with E-state index in [1.807, 2.05) is 13.8 Å². The molecule has 2 fully saturated rings. The maximum absolute atomic E-state index is 3.49. The van der Waals surface area contributed by atoms with Gasteiger partial charge in [-0.05, 0) is 25.7 Å². The number of hydrogen-bond donors (Lipinski definition) is 1. The van der Waals surface area contributed by atoms with Crippen LogP contribution in [0.3, 0.4) is 0 Å². The molecule has 0 aromatic rings. The standard InChI is InChI=1S/C6H11N.C2H6/c1-4-2-5-3-6(5)7-4;1-2/h4-7H,2-3H2,1H3;1-2H3. The number of nitrogens with one attached hydrogen (secondary N) is 1. The van der Waals surface area contributed by atoms with Crippen molar-refractivity contribution in [2.24, 2.45) is 5.92 Å². The Hall–Kier alpha value is -0.0400. The normalized spacial score (nSPS) is 45.0. The number of piperidine rings is 1. The first kappa shape index (κ1) is 7.07. The van der Waals surface area contributed by atoms with Crippen LogP contribution in [-0.2, 0) is 0 Å². The summed E-state index contributed by atoms with van der Waals surface area (Å²) < 4.78 is 0. The van der Waals surface area contributed by atoms with Gasteiger partial charge in [0.2, 0.25) is 0 Å². The largest absolute Gasteiger partial charge is 0.311 e. The zero-order valence-corrected chi connectivity index (χ0v) is 6.65. The van der Waals surface area contributed by atoms with Gasteiger partial charge in [-0.2, -0.15) is 0 Å². The smallest absolute Gasteiger partial charge is 0.0102 e. The molecule has 1 aliphatic heterocycles. The molecule has 1 saturated heterocycles. The maximum atomic E-state index is 3.49. The first-order chi connectivity index (χ1) is 4.36. The van der Waals surface area contributed by atoms with E-state index in [2.05, 4.69) is 12.2 Å². The van der Waals surface area contributed by atoms with Crippen LogP contribution < -0.4 is 5.32 Å². The fourth-order valence-electron chi connectivity index (χ4n) is 1.60. The van der Waals surface area contributed by atoms with Gasteiger partial charge in [-0.25, -0.2) is 0 Å². The van der Waals surface area contributed by atoms with Crippen LogP contribution in [0.5, 0.6) is 0 Å². The van der Waals surface area contributed by atoms with Crippen LogP contribution in [-0.4, -0.2) is 12.1 Å². The minimum atomic E-state index is 0.823. The van der Waals surface area contributed by atoms with E-state index in [1.165, 1.54) is 12.8 Å². The summed E-state index contributed by atoms with van der Waals surface area (Å²) in [5, 5.41) is 3.49. The summed E-state index contributed by atoms with van der Waals surface area (Å²) in [4.78, 5) is 0. The van der Waals surface area contributed by atoms with Crippen molar-refractivity contribution < 1.29 is 0 Å². The van der Waals surface area contributed by atoms with Crippen molar-refractivity contribution in [3.63, 3.8) is 0 Å². The molecule has 3 unspecified atom stereocenters. The van der Waals surface area contributed by atoms with Crippen molar-refractivity contribution in [2.45, 2.75) is 45.7 Å². The molecule has 0 aromatic carbocycles. The van der Waals surface area contributed by atoms with Crippen LogP contribution in [0.4, 0.5) is 0 Å². The van der Waals surface area contributed by atoms with Gasteiger partial charge in [-0.1, -0.05) is 13.8 Å². The Balaban J connectivity index is 0.000000186. The molecule has 1 N–H and O–H groups in total. The molecule has 0 spiro atoms. The van der Waals surface area contributed by atoms with Gasteiger partial charge in [0.1, 0.15) is 0 Å². The van der Waals surface area contributed by atoms with Gasteiger partial charge in [-0.3, -0.25) is 0 Å². The fraction of sp³-hybridized carbons (Fsp3) is 1.00. The monoisotopic (exact) mass is 127 g/mol. The average molecular weight is 127 g/mol. The summed E-state index contributed by atoms with van der Waals surface area (Å²) in [6.45, 7) is 6.27. The van der Waals surface area contributed by atoms with Gasteiger partial charge in [0.05, 0.1) is 0 Å². The highest BCUT2D eigenvalue weighted by atomic mass is 15.0. The quantitative estimate of drug-likeness (QED) is 0.523. The van der Waals surface area contributed by atoms with E-state index in [4.69, 9.17) is 0 Å². The highest BCUT2D eigenvalue weighted by molar-refractivity contribution is 5.01. The van der Waals surface area contributed by atoms with Crippen molar-refractivity contribution in [1.29, 1.82) is 0 Å². The lowest BCUT2D eigenvalue weighted by molar-refractivity contribution is 0.584. The Labute approximate surface area is 57.8 Å². The Morgan fingerprint density at radius 3 is 2.11 bits per heavy atom. The zero-order chi connectivity index (χ0) is 6.85. The second-order valence-electron chi connectivity index (χ2n) is 2.91. The maximum Gasteiger partial charge on any atom is 0.0102 e. The molecule has 3 atom stereocenters. The van der Waals surface area contributed by atoms with Crippen LogP contribution in [0.1, 0.15) is 33.6 Å².